The largest absolute Gasteiger partial charge is 0.493 e. The second-order valence-electron chi connectivity index (χ2n) is 8.36. The molecule has 0 fully saturated rings. The zero-order valence-corrected chi connectivity index (χ0v) is 18.5. The number of fused-ring (bicyclic) bond motifs is 3. The van der Waals surface area contributed by atoms with Gasteiger partial charge in [0.25, 0.3) is 5.91 Å². The van der Waals surface area contributed by atoms with Crippen molar-refractivity contribution < 1.29 is 19.0 Å². The molecule has 2 heterocycles. The first-order chi connectivity index (χ1) is 15.1. The molecule has 1 amide bonds. The molecule has 1 aliphatic carbocycles. The number of hydrogen-bond donors (Lipinski definition) is 0. The SMILES string of the molecule is COc1cc(C(=O)N2CCn3c4c(c5cc(C)ccc53)CCC[C@@H]42)cc(OC)c1OC. The topological polar surface area (TPSA) is 52.9 Å². The van der Waals surface area contributed by atoms with Crippen molar-refractivity contribution in [1.29, 1.82) is 0 Å². The number of benzene rings is 2. The average Bonchev–Trinajstić information content (AvgIpc) is 3.12. The van der Waals surface area contributed by atoms with Gasteiger partial charge in [0.2, 0.25) is 5.75 Å². The lowest BCUT2D eigenvalue weighted by molar-refractivity contribution is 0.0600. The summed E-state index contributed by atoms with van der Waals surface area (Å²) in [6.45, 7) is 3.63. The predicted octanol–water partition coefficient (Wildman–Crippen LogP) is 4.51. The van der Waals surface area contributed by atoms with Crippen LogP contribution >= 0.6 is 0 Å². The Morgan fingerprint density at radius 3 is 2.42 bits per heavy atom. The van der Waals surface area contributed by atoms with Crippen molar-refractivity contribution in [3.05, 3.63) is 52.7 Å². The molecule has 1 atom stereocenters. The van der Waals surface area contributed by atoms with E-state index in [0.717, 1.165) is 25.8 Å². The molecule has 0 N–H and O–H groups in total. The van der Waals surface area contributed by atoms with Crippen molar-refractivity contribution in [1.82, 2.24) is 9.47 Å². The zero-order chi connectivity index (χ0) is 21.7. The zero-order valence-electron chi connectivity index (χ0n) is 18.5. The molecule has 0 saturated heterocycles. The Labute approximate surface area is 182 Å². The van der Waals surface area contributed by atoms with Gasteiger partial charge in [-0.15, -0.1) is 0 Å². The number of amides is 1. The molecule has 0 bridgehead atoms. The van der Waals surface area contributed by atoms with Gasteiger partial charge >= 0.3 is 0 Å². The van der Waals surface area contributed by atoms with Crippen LogP contribution in [0.4, 0.5) is 0 Å². The van der Waals surface area contributed by atoms with Crippen LogP contribution in [0.3, 0.4) is 0 Å². The van der Waals surface area contributed by atoms with Gasteiger partial charge in [-0.1, -0.05) is 11.6 Å². The Morgan fingerprint density at radius 1 is 1.00 bits per heavy atom. The molecule has 6 heteroatoms. The highest BCUT2D eigenvalue weighted by molar-refractivity contribution is 5.96. The minimum Gasteiger partial charge on any atom is -0.493 e. The molecular formula is C25H28N2O4. The molecule has 0 radical (unpaired) electrons. The summed E-state index contributed by atoms with van der Waals surface area (Å²) in [5.74, 6) is 1.49. The molecule has 0 spiro atoms. The maximum absolute atomic E-state index is 13.7. The number of hydrogen-bond acceptors (Lipinski definition) is 4. The van der Waals surface area contributed by atoms with E-state index < -0.39 is 0 Å². The first-order valence-electron chi connectivity index (χ1n) is 10.8. The van der Waals surface area contributed by atoms with Crippen molar-refractivity contribution in [3.8, 4) is 17.2 Å². The lowest BCUT2D eigenvalue weighted by atomic mass is 9.89. The molecular weight excluding hydrogens is 392 g/mol. The Balaban J connectivity index is 1.58. The second-order valence-corrected chi connectivity index (χ2v) is 8.36. The fraction of sp³-hybridized carbons (Fsp3) is 0.400. The van der Waals surface area contributed by atoms with Crippen LogP contribution in [0.1, 0.15) is 46.1 Å². The van der Waals surface area contributed by atoms with Gasteiger partial charge < -0.3 is 23.7 Å². The lowest BCUT2D eigenvalue weighted by Gasteiger charge is -2.40. The van der Waals surface area contributed by atoms with Gasteiger partial charge in [0, 0.05) is 35.2 Å². The standard InChI is InChI=1S/C25H28N2O4/c1-15-8-9-19-18(12-15)17-6-5-7-20-23(17)26(19)10-11-27(20)25(28)16-13-21(29-2)24(31-4)22(14-16)30-3/h8-9,12-14,20H,5-7,10-11H2,1-4H3/t20-/m0/s1. The first kappa shape index (κ1) is 19.8. The second kappa shape index (κ2) is 7.52. The molecule has 1 aromatic heterocycles. The van der Waals surface area contributed by atoms with E-state index in [2.05, 4.69) is 29.7 Å². The number of ether oxygens (including phenoxy) is 3. The van der Waals surface area contributed by atoms with E-state index in [0.29, 0.717) is 29.4 Å². The van der Waals surface area contributed by atoms with Crippen LogP contribution < -0.4 is 14.2 Å². The minimum absolute atomic E-state index is 0.00443. The van der Waals surface area contributed by atoms with Crippen LogP contribution in [-0.2, 0) is 13.0 Å². The molecule has 2 aromatic carbocycles. The highest BCUT2D eigenvalue weighted by atomic mass is 16.5. The smallest absolute Gasteiger partial charge is 0.254 e. The van der Waals surface area contributed by atoms with Gasteiger partial charge in [-0.25, -0.2) is 0 Å². The third kappa shape index (κ3) is 2.96. The number of methoxy groups -OCH3 is 3. The van der Waals surface area contributed by atoms with E-state index >= 15 is 0 Å². The van der Waals surface area contributed by atoms with Gasteiger partial charge in [-0.2, -0.15) is 0 Å². The van der Waals surface area contributed by atoms with Crippen LogP contribution in [-0.4, -0.2) is 43.2 Å². The highest BCUT2D eigenvalue weighted by Crippen LogP contribution is 2.44. The summed E-state index contributed by atoms with van der Waals surface area (Å²) in [5.41, 5.74) is 5.86. The Hall–Kier alpha value is -3.15. The van der Waals surface area contributed by atoms with Gasteiger partial charge in [0.05, 0.1) is 27.4 Å². The maximum Gasteiger partial charge on any atom is 0.254 e. The van der Waals surface area contributed by atoms with Crippen molar-refractivity contribution in [2.24, 2.45) is 0 Å². The summed E-state index contributed by atoms with van der Waals surface area (Å²) in [7, 11) is 4.71. The molecule has 162 valence electrons. The average molecular weight is 421 g/mol. The van der Waals surface area contributed by atoms with Gasteiger partial charge in [0.15, 0.2) is 11.5 Å². The number of nitrogens with zero attached hydrogens (tertiary/aromatic N) is 2. The molecule has 0 saturated carbocycles. The van der Waals surface area contributed by atoms with E-state index in [9.17, 15) is 4.79 Å². The van der Waals surface area contributed by atoms with E-state index in [4.69, 9.17) is 14.2 Å². The molecule has 0 unspecified atom stereocenters. The van der Waals surface area contributed by atoms with E-state index in [-0.39, 0.29) is 11.9 Å². The van der Waals surface area contributed by atoms with E-state index in [1.165, 1.54) is 27.7 Å². The Morgan fingerprint density at radius 2 is 1.74 bits per heavy atom. The van der Waals surface area contributed by atoms with Gasteiger partial charge in [0.1, 0.15) is 0 Å². The summed E-state index contributed by atoms with van der Waals surface area (Å²) < 4.78 is 18.8. The molecule has 31 heavy (non-hydrogen) atoms. The minimum atomic E-state index is 0.00443. The summed E-state index contributed by atoms with van der Waals surface area (Å²) in [6.07, 6.45) is 3.15. The van der Waals surface area contributed by atoms with Gasteiger partial charge in [-0.05, 0) is 56.0 Å². The van der Waals surface area contributed by atoms with Crippen molar-refractivity contribution in [3.63, 3.8) is 0 Å². The lowest BCUT2D eigenvalue weighted by Crippen LogP contribution is -2.43. The van der Waals surface area contributed by atoms with Crippen LogP contribution in [0.5, 0.6) is 17.2 Å². The monoisotopic (exact) mass is 420 g/mol. The Kier molecular flexibility index (Phi) is 4.80. The van der Waals surface area contributed by atoms with Crippen LogP contribution in [0, 0.1) is 6.92 Å². The number of rotatable bonds is 4. The molecule has 1 aliphatic heterocycles. The number of carbonyl (C=O) groups is 1. The summed E-state index contributed by atoms with van der Waals surface area (Å²) >= 11 is 0. The summed E-state index contributed by atoms with van der Waals surface area (Å²) in [6, 6.07) is 10.3. The third-order valence-electron chi connectivity index (χ3n) is 6.70. The number of carbonyl (C=O) groups excluding carboxylic acids is 1. The van der Waals surface area contributed by atoms with Crippen molar-refractivity contribution >= 4 is 16.8 Å². The van der Waals surface area contributed by atoms with Crippen LogP contribution in [0.25, 0.3) is 10.9 Å². The quantitative estimate of drug-likeness (QED) is 0.623. The summed E-state index contributed by atoms with van der Waals surface area (Å²) in [5, 5.41) is 1.35. The predicted molar refractivity (Wildman–Crippen MR) is 119 cm³/mol. The highest BCUT2D eigenvalue weighted by Gasteiger charge is 2.37. The Bertz CT molecular complexity index is 1150. The number of aryl methyl sites for hydroxylation is 2. The van der Waals surface area contributed by atoms with Crippen LogP contribution in [0.15, 0.2) is 30.3 Å². The van der Waals surface area contributed by atoms with Crippen molar-refractivity contribution in [2.75, 3.05) is 27.9 Å². The molecule has 5 rings (SSSR count). The number of aromatic nitrogens is 1. The molecule has 6 nitrogen and oxygen atoms in total. The molecule has 3 aromatic rings. The normalized spacial score (nSPS) is 17.4. The van der Waals surface area contributed by atoms with Gasteiger partial charge in [-0.3, -0.25) is 4.79 Å². The maximum atomic E-state index is 13.7. The van der Waals surface area contributed by atoms with Crippen LogP contribution in [0.2, 0.25) is 0 Å². The van der Waals surface area contributed by atoms with E-state index in [1.54, 1.807) is 33.5 Å². The fourth-order valence-corrected chi connectivity index (χ4v) is 5.33. The fourth-order valence-electron chi connectivity index (χ4n) is 5.33. The molecule has 2 aliphatic rings. The van der Waals surface area contributed by atoms with E-state index in [1.807, 2.05) is 4.90 Å². The third-order valence-corrected chi connectivity index (χ3v) is 6.70. The summed E-state index contributed by atoms with van der Waals surface area (Å²) in [4.78, 5) is 15.7. The van der Waals surface area contributed by atoms with Crippen molar-refractivity contribution in [2.45, 2.75) is 38.8 Å². The first-order valence-corrected chi connectivity index (χ1v) is 10.8.